The van der Waals surface area contributed by atoms with Gasteiger partial charge in [0.15, 0.2) is 0 Å². The number of hydrogen-bond acceptors (Lipinski definition) is 7. The van der Waals surface area contributed by atoms with Crippen LogP contribution in [0.25, 0.3) is 11.4 Å². The summed E-state index contributed by atoms with van der Waals surface area (Å²) in [6.45, 7) is 4.47. The summed E-state index contributed by atoms with van der Waals surface area (Å²) in [5.74, 6) is 0.435. The molecule has 0 N–H and O–H groups in total. The SMILES string of the molecule is CCc1nc(-c2csc(S(=O)(=O)N3CCC[C@H](C(=O)N(C)c4ccc(C)cc4)C3)c2)no1. The Hall–Kier alpha value is -2.56. The van der Waals surface area contributed by atoms with Crippen LogP contribution in [0, 0.1) is 12.8 Å². The first kappa shape index (κ1) is 22.6. The Kier molecular flexibility index (Phi) is 6.45. The molecule has 1 aliphatic rings. The van der Waals surface area contributed by atoms with Crippen LogP contribution in [-0.4, -0.2) is 48.9 Å². The van der Waals surface area contributed by atoms with E-state index in [-0.39, 0.29) is 22.6 Å². The highest BCUT2D eigenvalue weighted by Crippen LogP contribution is 2.32. The number of aryl methyl sites for hydroxylation is 2. The molecule has 170 valence electrons. The molecule has 10 heteroatoms. The highest BCUT2D eigenvalue weighted by atomic mass is 32.2. The zero-order valence-corrected chi connectivity index (χ0v) is 19.9. The standard InChI is InChI=1S/C22H26N4O4S2/c1-4-19-23-21(24-30-19)17-12-20(31-14-17)32(28,29)26-11-5-6-16(13-26)22(27)25(3)18-9-7-15(2)8-10-18/h7-10,12,14,16H,4-6,11,13H2,1-3H3/t16-/m0/s1. The van der Waals surface area contributed by atoms with E-state index in [9.17, 15) is 13.2 Å². The monoisotopic (exact) mass is 474 g/mol. The smallest absolute Gasteiger partial charge is 0.252 e. The number of benzene rings is 1. The van der Waals surface area contributed by atoms with Crippen molar-refractivity contribution >= 4 is 33.0 Å². The fourth-order valence-corrected chi connectivity index (χ4v) is 6.58. The lowest BCUT2D eigenvalue weighted by Crippen LogP contribution is -2.45. The van der Waals surface area contributed by atoms with Gasteiger partial charge in [0.25, 0.3) is 10.0 Å². The minimum Gasteiger partial charge on any atom is -0.339 e. The van der Waals surface area contributed by atoms with Crippen LogP contribution in [0.5, 0.6) is 0 Å². The lowest BCUT2D eigenvalue weighted by Gasteiger charge is -2.33. The van der Waals surface area contributed by atoms with Crippen LogP contribution in [0.4, 0.5) is 5.69 Å². The quantitative estimate of drug-likeness (QED) is 0.540. The third-order valence-electron chi connectivity index (χ3n) is 5.68. The van der Waals surface area contributed by atoms with E-state index in [0.29, 0.717) is 43.1 Å². The number of carbonyl (C=O) groups excluding carboxylic acids is 1. The van der Waals surface area contributed by atoms with Crippen LogP contribution in [-0.2, 0) is 21.2 Å². The Labute approximate surface area is 191 Å². The van der Waals surface area contributed by atoms with E-state index in [1.807, 2.05) is 38.1 Å². The molecule has 0 saturated carbocycles. The number of nitrogens with zero attached hydrogens (tertiary/aromatic N) is 4. The van der Waals surface area contributed by atoms with Crippen LogP contribution in [0.2, 0.25) is 0 Å². The summed E-state index contributed by atoms with van der Waals surface area (Å²) in [5.41, 5.74) is 2.53. The molecule has 1 atom stereocenters. The predicted molar refractivity (Wildman–Crippen MR) is 123 cm³/mol. The van der Waals surface area contributed by atoms with Gasteiger partial charge < -0.3 is 9.42 Å². The fraction of sp³-hybridized carbons (Fsp3) is 0.409. The maximum absolute atomic E-state index is 13.3. The molecule has 1 fully saturated rings. The highest BCUT2D eigenvalue weighted by Gasteiger charge is 2.35. The number of thiophene rings is 1. The first-order valence-corrected chi connectivity index (χ1v) is 12.9. The van der Waals surface area contributed by atoms with Crippen molar-refractivity contribution in [3.05, 3.63) is 47.2 Å². The summed E-state index contributed by atoms with van der Waals surface area (Å²) in [5, 5.41) is 5.63. The van der Waals surface area contributed by atoms with Gasteiger partial charge in [-0.15, -0.1) is 11.3 Å². The first-order valence-electron chi connectivity index (χ1n) is 10.6. The molecule has 0 radical (unpaired) electrons. The number of amides is 1. The van der Waals surface area contributed by atoms with Crippen molar-refractivity contribution in [3.63, 3.8) is 0 Å². The van der Waals surface area contributed by atoms with E-state index in [4.69, 9.17) is 4.52 Å². The number of piperidine rings is 1. The maximum Gasteiger partial charge on any atom is 0.252 e. The summed E-state index contributed by atoms with van der Waals surface area (Å²) < 4.78 is 33.3. The Balaban J connectivity index is 1.49. The molecule has 1 aliphatic heterocycles. The number of hydrogen-bond donors (Lipinski definition) is 0. The molecular weight excluding hydrogens is 448 g/mol. The maximum atomic E-state index is 13.3. The first-order chi connectivity index (χ1) is 15.3. The Bertz CT molecular complexity index is 1200. The number of sulfonamides is 1. The van der Waals surface area contributed by atoms with Gasteiger partial charge in [-0.25, -0.2) is 8.42 Å². The average molecular weight is 475 g/mol. The molecule has 2 aromatic heterocycles. The van der Waals surface area contributed by atoms with Gasteiger partial charge >= 0.3 is 0 Å². The number of anilines is 1. The molecule has 0 bridgehead atoms. The van der Waals surface area contributed by atoms with Crippen molar-refractivity contribution in [2.45, 2.75) is 37.3 Å². The largest absolute Gasteiger partial charge is 0.339 e. The van der Waals surface area contributed by atoms with E-state index < -0.39 is 10.0 Å². The topological polar surface area (TPSA) is 96.6 Å². The molecule has 4 rings (SSSR count). The lowest BCUT2D eigenvalue weighted by atomic mass is 9.98. The molecule has 0 unspecified atom stereocenters. The number of rotatable bonds is 6. The van der Waals surface area contributed by atoms with Crippen molar-refractivity contribution in [1.82, 2.24) is 14.4 Å². The summed E-state index contributed by atoms with van der Waals surface area (Å²) >= 11 is 1.13. The van der Waals surface area contributed by atoms with Gasteiger partial charge in [-0.3, -0.25) is 4.79 Å². The zero-order valence-electron chi connectivity index (χ0n) is 18.3. The second-order valence-corrected chi connectivity index (χ2v) is 11.0. The van der Waals surface area contributed by atoms with Crippen LogP contribution in [0.1, 0.15) is 31.2 Å². The number of aromatic nitrogens is 2. The van der Waals surface area contributed by atoms with Gasteiger partial charge in [-0.05, 0) is 38.0 Å². The van der Waals surface area contributed by atoms with Gasteiger partial charge in [-0.2, -0.15) is 9.29 Å². The summed E-state index contributed by atoms with van der Waals surface area (Å²) in [6, 6.07) is 9.30. The van der Waals surface area contributed by atoms with Crippen LogP contribution in [0.3, 0.4) is 0 Å². The molecule has 3 heterocycles. The Morgan fingerprint density at radius 1 is 1.31 bits per heavy atom. The van der Waals surface area contributed by atoms with Crippen LogP contribution in [0.15, 0.2) is 44.4 Å². The molecule has 1 saturated heterocycles. The van der Waals surface area contributed by atoms with E-state index in [1.54, 1.807) is 23.4 Å². The summed E-state index contributed by atoms with van der Waals surface area (Å²) in [7, 11) is -1.98. The third-order valence-corrected chi connectivity index (χ3v) is 8.96. The average Bonchev–Trinajstić information content (AvgIpc) is 3.48. The van der Waals surface area contributed by atoms with Gasteiger partial charge in [0, 0.05) is 43.2 Å². The van der Waals surface area contributed by atoms with Gasteiger partial charge in [0.1, 0.15) is 4.21 Å². The summed E-state index contributed by atoms with van der Waals surface area (Å²) in [4.78, 5) is 19.0. The summed E-state index contributed by atoms with van der Waals surface area (Å²) in [6.07, 6.45) is 1.92. The normalized spacial score (nSPS) is 17.4. The second-order valence-electron chi connectivity index (χ2n) is 7.95. The van der Waals surface area contributed by atoms with Crippen LogP contribution >= 0.6 is 11.3 Å². The van der Waals surface area contributed by atoms with E-state index >= 15 is 0 Å². The van der Waals surface area contributed by atoms with E-state index in [1.165, 1.54) is 4.31 Å². The van der Waals surface area contributed by atoms with Crippen LogP contribution < -0.4 is 4.90 Å². The minimum absolute atomic E-state index is 0.0699. The Morgan fingerprint density at radius 3 is 2.75 bits per heavy atom. The minimum atomic E-state index is -3.72. The van der Waals surface area contributed by atoms with Crippen molar-refractivity contribution in [1.29, 1.82) is 0 Å². The van der Waals surface area contributed by atoms with Crippen molar-refractivity contribution in [3.8, 4) is 11.4 Å². The molecule has 1 aromatic carbocycles. The molecule has 0 aliphatic carbocycles. The van der Waals surface area contributed by atoms with Gasteiger partial charge in [0.05, 0.1) is 5.92 Å². The van der Waals surface area contributed by atoms with Gasteiger partial charge in [0.2, 0.25) is 17.6 Å². The molecule has 1 amide bonds. The molecule has 32 heavy (non-hydrogen) atoms. The zero-order chi connectivity index (χ0) is 22.9. The van der Waals surface area contributed by atoms with E-state index in [0.717, 1.165) is 22.6 Å². The van der Waals surface area contributed by atoms with Crippen molar-refractivity contribution in [2.24, 2.45) is 5.92 Å². The predicted octanol–water partition coefficient (Wildman–Crippen LogP) is 3.73. The van der Waals surface area contributed by atoms with Crippen molar-refractivity contribution in [2.75, 3.05) is 25.0 Å². The third kappa shape index (κ3) is 4.48. The molecular formula is C22H26N4O4S2. The van der Waals surface area contributed by atoms with Gasteiger partial charge in [-0.1, -0.05) is 29.8 Å². The second kappa shape index (κ2) is 9.13. The lowest BCUT2D eigenvalue weighted by molar-refractivity contribution is -0.123. The molecule has 0 spiro atoms. The van der Waals surface area contributed by atoms with E-state index in [2.05, 4.69) is 10.1 Å². The molecule has 3 aromatic rings. The highest BCUT2D eigenvalue weighted by molar-refractivity contribution is 7.91. The number of carbonyl (C=O) groups is 1. The van der Waals surface area contributed by atoms with Crippen molar-refractivity contribution < 1.29 is 17.7 Å². The Morgan fingerprint density at radius 2 is 2.06 bits per heavy atom. The fourth-order valence-electron chi connectivity index (χ4n) is 3.74. The molecule has 8 nitrogen and oxygen atoms in total.